The molecule has 0 saturated carbocycles. The Hall–Kier alpha value is -5.21. The lowest BCUT2D eigenvalue weighted by Gasteiger charge is -2.25. The van der Waals surface area contributed by atoms with Crippen LogP contribution in [-0.4, -0.2) is 79.6 Å². The zero-order valence-electron chi connectivity index (χ0n) is 25.2. The molecule has 14 heteroatoms. The summed E-state index contributed by atoms with van der Waals surface area (Å²) in [7, 11) is 0. The van der Waals surface area contributed by atoms with Crippen molar-refractivity contribution >= 4 is 34.6 Å². The SMILES string of the molecule is NCCCCC(N)C(=O)NC(Cc1ccc(O)cc1)C(=O)NC(Cc1cnc[nH]1)C(=O)NC(Cc1c[nH]c2ccccc12)C(=O)O. The number of amides is 3. The highest BCUT2D eigenvalue weighted by Crippen LogP contribution is 2.19. The van der Waals surface area contributed by atoms with Crippen LogP contribution < -0.4 is 27.4 Å². The Morgan fingerprint density at radius 3 is 2.17 bits per heavy atom. The van der Waals surface area contributed by atoms with Crippen molar-refractivity contribution in [2.24, 2.45) is 11.5 Å². The molecular weight excluding hydrogens is 592 g/mol. The van der Waals surface area contributed by atoms with E-state index < -0.39 is 47.9 Å². The quantitative estimate of drug-likeness (QED) is 0.0740. The molecule has 0 saturated heterocycles. The highest BCUT2D eigenvalue weighted by atomic mass is 16.4. The Morgan fingerprint density at radius 2 is 1.50 bits per heavy atom. The molecule has 0 bridgehead atoms. The molecule has 14 nitrogen and oxygen atoms in total. The predicted octanol–water partition coefficient (Wildman–Crippen LogP) is 0.620. The molecule has 2 heterocycles. The van der Waals surface area contributed by atoms with E-state index in [-0.39, 0.29) is 25.0 Å². The first-order valence-corrected chi connectivity index (χ1v) is 15.0. The summed E-state index contributed by atoms with van der Waals surface area (Å²) in [6, 6.07) is 9.00. The van der Waals surface area contributed by atoms with Crippen LogP contribution in [0.2, 0.25) is 0 Å². The predicted molar refractivity (Wildman–Crippen MR) is 170 cm³/mol. The molecule has 2 aromatic heterocycles. The summed E-state index contributed by atoms with van der Waals surface area (Å²) in [5, 5.41) is 28.5. The number of rotatable bonds is 17. The smallest absolute Gasteiger partial charge is 0.326 e. The normalized spacial score (nSPS) is 13.8. The fraction of sp³-hybridized carbons (Fsp3) is 0.344. The first-order valence-electron chi connectivity index (χ1n) is 15.0. The van der Waals surface area contributed by atoms with Gasteiger partial charge in [-0.25, -0.2) is 9.78 Å². The average Bonchev–Trinajstić information content (AvgIpc) is 3.71. The summed E-state index contributed by atoms with van der Waals surface area (Å²) in [6.07, 6.45) is 6.31. The van der Waals surface area contributed by atoms with Crippen LogP contribution in [0, 0.1) is 0 Å². The molecule has 4 aromatic rings. The van der Waals surface area contributed by atoms with Crippen LogP contribution in [0.15, 0.2) is 67.3 Å². The van der Waals surface area contributed by atoms with E-state index in [9.17, 15) is 29.4 Å². The molecule has 0 aliphatic heterocycles. The number of H-pyrrole nitrogens is 2. The Labute approximate surface area is 265 Å². The van der Waals surface area contributed by atoms with E-state index in [2.05, 4.69) is 30.9 Å². The maximum Gasteiger partial charge on any atom is 0.326 e. The van der Waals surface area contributed by atoms with Gasteiger partial charge in [0.1, 0.15) is 23.9 Å². The number of fused-ring (bicyclic) bond motifs is 1. The number of para-hydroxylation sites is 1. The van der Waals surface area contributed by atoms with Crippen LogP contribution in [0.25, 0.3) is 10.9 Å². The topological polar surface area (TPSA) is 241 Å². The summed E-state index contributed by atoms with van der Waals surface area (Å²) >= 11 is 0. The van der Waals surface area contributed by atoms with Crippen LogP contribution in [0.5, 0.6) is 5.75 Å². The fourth-order valence-corrected chi connectivity index (χ4v) is 5.09. The van der Waals surface area contributed by atoms with Gasteiger partial charge in [0.15, 0.2) is 0 Å². The van der Waals surface area contributed by atoms with E-state index in [4.69, 9.17) is 11.5 Å². The minimum Gasteiger partial charge on any atom is -0.508 e. The molecule has 0 radical (unpaired) electrons. The van der Waals surface area contributed by atoms with Crippen molar-refractivity contribution in [3.8, 4) is 5.75 Å². The number of aromatic amines is 2. The van der Waals surface area contributed by atoms with Crippen molar-refractivity contribution in [2.75, 3.05) is 6.54 Å². The molecule has 4 unspecified atom stereocenters. The first-order chi connectivity index (χ1) is 22.1. The summed E-state index contributed by atoms with van der Waals surface area (Å²) in [6.45, 7) is 0.463. The summed E-state index contributed by atoms with van der Waals surface area (Å²) in [5.41, 5.74) is 14.3. The van der Waals surface area contributed by atoms with Crippen molar-refractivity contribution in [1.29, 1.82) is 0 Å². The van der Waals surface area contributed by atoms with Crippen molar-refractivity contribution < 1.29 is 29.4 Å². The van der Waals surface area contributed by atoms with Gasteiger partial charge in [-0.15, -0.1) is 0 Å². The fourth-order valence-electron chi connectivity index (χ4n) is 5.09. The highest BCUT2D eigenvalue weighted by molar-refractivity contribution is 5.94. The number of aromatic nitrogens is 3. The van der Waals surface area contributed by atoms with E-state index in [1.807, 2.05) is 24.3 Å². The van der Waals surface area contributed by atoms with Crippen LogP contribution in [0.1, 0.15) is 36.1 Å². The molecule has 0 fully saturated rings. The highest BCUT2D eigenvalue weighted by Gasteiger charge is 2.31. The van der Waals surface area contributed by atoms with Gasteiger partial charge in [-0.2, -0.15) is 0 Å². The van der Waals surface area contributed by atoms with Gasteiger partial charge < -0.3 is 47.6 Å². The monoisotopic (exact) mass is 632 g/mol. The Morgan fingerprint density at radius 1 is 0.826 bits per heavy atom. The summed E-state index contributed by atoms with van der Waals surface area (Å²) in [5.74, 6) is -3.17. The van der Waals surface area contributed by atoms with Crippen molar-refractivity contribution in [2.45, 2.75) is 62.7 Å². The number of aromatic hydroxyl groups is 1. The Kier molecular flexibility index (Phi) is 11.9. The summed E-state index contributed by atoms with van der Waals surface area (Å²) < 4.78 is 0. The molecule has 4 rings (SSSR count). The van der Waals surface area contributed by atoms with Gasteiger partial charge in [-0.1, -0.05) is 36.8 Å². The van der Waals surface area contributed by atoms with Gasteiger partial charge in [0.2, 0.25) is 17.7 Å². The van der Waals surface area contributed by atoms with Crippen LogP contribution in [0.4, 0.5) is 0 Å². The molecule has 11 N–H and O–H groups in total. The standard InChI is InChI=1S/C32H40N8O6/c33-12-4-3-6-24(34)29(42)38-26(13-19-8-10-22(41)11-9-19)30(43)39-27(15-21-17-35-18-37-21)31(44)40-28(32(45)46)14-20-16-36-25-7-2-1-5-23(20)25/h1-2,5,7-11,16-18,24,26-28,36,41H,3-4,6,12-15,33-34H2,(H,35,37)(H,38,42)(H,39,43)(H,40,44)(H,45,46). The number of nitrogens with zero attached hydrogens (tertiary/aromatic N) is 1. The number of hydrogen-bond acceptors (Lipinski definition) is 8. The molecule has 0 aliphatic carbocycles. The molecule has 244 valence electrons. The molecular formula is C32H40N8O6. The average molecular weight is 633 g/mol. The molecule has 4 atom stereocenters. The van der Waals surface area contributed by atoms with Crippen LogP contribution >= 0.6 is 0 Å². The minimum atomic E-state index is -1.30. The number of carbonyl (C=O) groups is 4. The number of phenols is 1. The minimum absolute atomic E-state index is 0.00259. The molecule has 3 amide bonds. The number of hydrogen-bond donors (Lipinski definition) is 9. The molecule has 46 heavy (non-hydrogen) atoms. The maximum absolute atomic E-state index is 13.7. The zero-order chi connectivity index (χ0) is 33.1. The lowest BCUT2D eigenvalue weighted by molar-refractivity contribution is -0.142. The summed E-state index contributed by atoms with van der Waals surface area (Å²) in [4.78, 5) is 62.6. The number of carbonyl (C=O) groups excluding carboxylic acids is 3. The van der Waals surface area contributed by atoms with E-state index in [1.54, 1.807) is 18.3 Å². The largest absolute Gasteiger partial charge is 0.508 e. The van der Waals surface area contributed by atoms with Gasteiger partial charge in [0, 0.05) is 48.3 Å². The Balaban J connectivity index is 1.53. The van der Waals surface area contributed by atoms with E-state index >= 15 is 0 Å². The number of aliphatic carboxylic acids is 1. The third-order valence-electron chi connectivity index (χ3n) is 7.64. The van der Waals surface area contributed by atoms with Gasteiger partial charge in [-0.05, 0) is 48.7 Å². The third kappa shape index (κ3) is 9.39. The third-order valence-corrected chi connectivity index (χ3v) is 7.64. The number of carboxylic acid groups (broad SMARTS) is 1. The number of carboxylic acids is 1. The van der Waals surface area contributed by atoms with Crippen LogP contribution in [-0.2, 0) is 38.4 Å². The second kappa shape index (κ2) is 16.2. The van der Waals surface area contributed by atoms with E-state index in [0.717, 1.165) is 10.9 Å². The molecule has 0 spiro atoms. The zero-order valence-corrected chi connectivity index (χ0v) is 25.2. The Bertz CT molecular complexity index is 1600. The van der Waals surface area contributed by atoms with E-state index in [0.29, 0.717) is 42.6 Å². The number of nitrogens with one attached hydrogen (secondary N) is 5. The lowest BCUT2D eigenvalue weighted by atomic mass is 10.0. The maximum atomic E-state index is 13.7. The molecule has 2 aromatic carbocycles. The second-order valence-electron chi connectivity index (χ2n) is 11.1. The number of benzene rings is 2. The van der Waals surface area contributed by atoms with Crippen LogP contribution in [0.3, 0.4) is 0 Å². The van der Waals surface area contributed by atoms with Gasteiger partial charge in [0.25, 0.3) is 0 Å². The number of unbranched alkanes of at least 4 members (excludes halogenated alkanes) is 1. The van der Waals surface area contributed by atoms with E-state index in [1.165, 1.54) is 24.7 Å². The van der Waals surface area contributed by atoms with Crippen molar-refractivity contribution in [3.05, 3.63) is 84.1 Å². The number of phenolic OH excluding ortho intramolecular Hbond substituents is 1. The number of imidazole rings is 1. The first kappa shape index (κ1) is 33.7. The number of nitrogens with two attached hydrogens (primary N) is 2. The second-order valence-corrected chi connectivity index (χ2v) is 11.1. The van der Waals surface area contributed by atoms with Gasteiger partial charge in [-0.3, -0.25) is 14.4 Å². The lowest BCUT2D eigenvalue weighted by Crippen LogP contribution is -2.58. The molecule has 0 aliphatic rings. The van der Waals surface area contributed by atoms with Gasteiger partial charge >= 0.3 is 5.97 Å². The van der Waals surface area contributed by atoms with Gasteiger partial charge in [0.05, 0.1) is 12.4 Å². The van der Waals surface area contributed by atoms with Crippen molar-refractivity contribution in [1.82, 2.24) is 30.9 Å². The van der Waals surface area contributed by atoms with Crippen molar-refractivity contribution in [3.63, 3.8) is 0 Å².